The SMILES string of the molecule is CNC[C@H]1CCCN(C(=O)c2ccc3c(c2)C[C@H](C)N3S(C)(=O)=O)C1. The predicted octanol–water partition coefficient (Wildman–Crippen LogP) is 1.47. The van der Waals surface area contributed by atoms with E-state index in [1.165, 1.54) is 10.6 Å². The maximum Gasteiger partial charge on any atom is 0.253 e. The molecule has 0 bridgehead atoms. The van der Waals surface area contributed by atoms with E-state index in [2.05, 4.69) is 5.32 Å². The van der Waals surface area contributed by atoms with Crippen molar-refractivity contribution in [2.75, 3.05) is 37.2 Å². The average Bonchev–Trinajstić information content (AvgIpc) is 2.89. The number of anilines is 1. The Balaban J connectivity index is 1.81. The lowest BCUT2D eigenvalue weighted by atomic mass is 9.97. The van der Waals surface area contributed by atoms with Crippen molar-refractivity contribution < 1.29 is 13.2 Å². The number of rotatable bonds is 4. The fraction of sp³-hybridized carbons (Fsp3) is 0.611. The largest absolute Gasteiger partial charge is 0.338 e. The number of hydrogen-bond acceptors (Lipinski definition) is 4. The maximum atomic E-state index is 12.9. The second-order valence-corrected chi connectivity index (χ2v) is 9.13. The molecule has 1 aromatic rings. The third kappa shape index (κ3) is 3.67. The van der Waals surface area contributed by atoms with E-state index in [-0.39, 0.29) is 11.9 Å². The van der Waals surface area contributed by atoms with Crippen LogP contribution in [0.3, 0.4) is 0 Å². The normalized spacial score (nSPS) is 23.6. The summed E-state index contributed by atoms with van der Waals surface area (Å²) >= 11 is 0. The van der Waals surface area contributed by atoms with Gasteiger partial charge in [-0.1, -0.05) is 0 Å². The molecule has 6 nitrogen and oxygen atoms in total. The summed E-state index contributed by atoms with van der Waals surface area (Å²) in [6.45, 7) is 4.40. The zero-order chi connectivity index (χ0) is 18.2. The van der Waals surface area contributed by atoms with Crippen LogP contribution in [0.1, 0.15) is 35.7 Å². The predicted molar refractivity (Wildman–Crippen MR) is 99.5 cm³/mol. The lowest BCUT2D eigenvalue weighted by Gasteiger charge is -2.33. The number of hydrogen-bond donors (Lipinski definition) is 1. The van der Waals surface area contributed by atoms with Gasteiger partial charge in [-0.25, -0.2) is 8.42 Å². The first kappa shape index (κ1) is 18.2. The molecule has 1 aromatic carbocycles. The highest BCUT2D eigenvalue weighted by molar-refractivity contribution is 7.92. The summed E-state index contributed by atoms with van der Waals surface area (Å²) in [5, 5.41) is 3.19. The molecule has 2 atom stereocenters. The Kier molecular flexibility index (Phi) is 5.06. The van der Waals surface area contributed by atoms with Crippen LogP contribution in [0.25, 0.3) is 0 Å². The van der Waals surface area contributed by atoms with Crippen LogP contribution in [0.5, 0.6) is 0 Å². The van der Waals surface area contributed by atoms with Crippen molar-refractivity contribution >= 4 is 21.6 Å². The molecule has 1 fully saturated rings. The summed E-state index contributed by atoms with van der Waals surface area (Å²) in [5.74, 6) is 0.548. The van der Waals surface area contributed by atoms with Gasteiger partial charge in [0.05, 0.1) is 11.9 Å². The second-order valence-electron chi connectivity index (χ2n) is 7.27. The molecule has 1 N–H and O–H groups in total. The first-order valence-electron chi connectivity index (χ1n) is 8.87. The topological polar surface area (TPSA) is 69.7 Å². The van der Waals surface area contributed by atoms with Gasteiger partial charge in [0.1, 0.15) is 0 Å². The second kappa shape index (κ2) is 6.96. The van der Waals surface area contributed by atoms with E-state index in [1.54, 1.807) is 12.1 Å². The van der Waals surface area contributed by atoms with E-state index in [0.29, 0.717) is 23.6 Å². The minimum atomic E-state index is -3.30. The van der Waals surface area contributed by atoms with Crippen LogP contribution in [-0.2, 0) is 16.4 Å². The standard InChI is InChI=1S/C18H27N3O3S/c1-13-9-16-10-15(6-7-17(16)21(13)25(3,23)24)18(22)20-8-4-5-14(12-20)11-19-2/h6-7,10,13-14,19H,4-5,8-9,11-12H2,1-3H3/t13-,14+/m0/s1. The van der Waals surface area contributed by atoms with Gasteiger partial charge in [0.25, 0.3) is 5.91 Å². The zero-order valence-corrected chi connectivity index (χ0v) is 16.0. The summed E-state index contributed by atoms with van der Waals surface area (Å²) in [5.41, 5.74) is 2.30. The van der Waals surface area contributed by atoms with E-state index < -0.39 is 10.0 Å². The molecule has 2 heterocycles. The first-order valence-corrected chi connectivity index (χ1v) is 10.7. The van der Waals surface area contributed by atoms with Gasteiger partial charge in [0.2, 0.25) is 10.0 Å². The van der Waals surface area contributed by atoms with Gasteiger partial charge >= 0.3 is 0 Å². The van der Waals surface area contributed by atoms with Gasteiger partial charge in [-0.05, 0) is 69.5 Å². The summed E-state index contributed by atoms with van der Waals surface area (Å²) in [4.78, 5) is 14.8. The van der Waals surface area contributed by atoms with Gasteiger partial charge in [-0.2, -0.15) is 0 Å². The van der Waals surface area contributed by atoms with E-state index in [4.69, 9.17) is 0 Å². The molecule has 2 aliphatic rings. The van der Waals surface area contributed by atoms with Crippen molar-refractivity contribution in [2.45, 2.75) is 32.2 Å². The number of carbonyl (C=O) groups is 1. The van der Waals surface area contributed by atoms with Gasteiger partial charge in [0, 0.05) is 24.7 Å². The van der Waals surface area contributed by atoms with Crippen LogP contribution >= 0.6 is 0 Å². The number of piperidine rings is 1. The lowest BCUT2D eigenvalue weighted by Crippen LogP contribution is -2.42. The highest BCUT2D eigenvalue weighted by Crippen LogP contribution is 2.35. The Morgan fingerprint density at radius 1 is 1.36 bits per heavy atom. The number of amides is 1. The Labute approximate surface area is 150 Å². The van der Waals surface area contributed by atoms with E-state index in [0.717, 1.165) is 38.0 Å². The Morgan fingerprint density at radius 2 is 2.12 bits per heavy atom. The number of nitrogens with zero attached hydrogens (tertiary/aromatic N) is 2. The lowest BCUT2D eigenvalue weighted by molar-refractivity contribution is 0.0674. The Bertz CT molecular complexity index is 761. The minimum Gasteiger partial charge on any atom is -0.338 e. The van der Waals surface area contributed by atoms with Gasteiger partial charge in [-0.3, -0.25) is 9.10 Å². The number of likely N-dealkylation sites (tertiary alicyclic amines) is 1. The first-order chi connectivity index (χ1) is 11.8. The molecule has 7 heteroatoms. The van der Waals surface area contributed by atoms with Crippen LogP contribution in [0, 0.1) is 5.92 Å². The zero-order valence-electron chi connectivity index (χ0n) is 15.2. The van der Waals surface area contributed by atoms with Crippen LogP contribution in [-0.4, -0.2) is 58.2 Å². The van der Waals surface area contributed by atoms with Crippen LogP contribution in [0.2, 0.25) is 0 Å². The Morgan fingerprint density at radius 3 is 2.80 bits per heavy atom. The fourth-order valence-corrected chi connectivity index (χ4v) is 5.39. The maximum absolute atomic E-state index is 12.9. The van der Waals surface area contributed by atoms with Crippen LogP contribution in [0.4, 0.5) is 5.69 Å². The summed E-state index contributed by atoms with van der Waals surface area (Å²) < 4.78 is 25.5. The molecule has 1 amide bonds. The van der Waals surface area contributed by atoms with Gasteiger partial charge < -0.3 is 10.2 Å². The monoisotopic (exact) mass is 365 g/mol. The van der Waals surface area contributed by atoms with Gasteiger partial charge in [0.15, 0.2) is 0 Å². The van der Waals surface area contributed by atoms with Crippen molar-refractivity contribution in [1.82, 2.24) is 10.2 Å². The molecule has 2 aliphatic heterocycles. The quantitative estimate of drug-likeness (QED) is 0.877. The molecule has 138 valence electrons. The molecule has 0 radical (unpaired) electrons. The van der Waals surface area contributed by atoms with Crippen molar-refractivity contribution in [2.24, 2.45) is 5.92 Å². The number of sulfonamides is 1. The van der Waals surface area contributed by atoms with E-state index >= 15 is 0 Å². The smallest absolute Gasteiger partial charge is 0.253 e. The molecule has 0 aliphatic carbocycles. The van der Waals surface area contributed by atoms with Crippen LogP contribution in [0.15, 0.2) is 18.2 Å². The van der Waals surface area contributed by atoms with Gasteiger partial charge in [-0.15, -0.1) is 0 Å². The van der Waals surface area contributed by atoms with Crippen molar-refractivity contribution in [3.63, 3.8) is 0 Å². The third-order valence-electron chi connectivity index (χ3n) is 5.14. The number of carbonyl (C=O) groups excluding carboxylic acids is 1. The number of benzene rings is 1. The third-order valence-corrected chi connectivity index (χ3v) is 6.41. The van der Waals surface area contributed by atoms with Crippen molar-refractivity contribution in [3.05, 3.63) is 29.3 Å². The number of nitrogens with one attached hydrogen (secondary N) is 1. The highest BCUT2D eigenvalue weighted by Gasteiger charge is 2.33. The summed E-state index contributed by atoms with van der Waals surface area (Å²) in [6, 6.07) is 5.31. The molecule has 1 saturated heterocycles. The van der Waals surface area contributed by atoms with Crippen molar-refractivity contribution in [1.29, 1.82) is 0 Å². The summed E-state index contributed by atoms with van der Waals surface area (Å²) in [6.07, 6.45) is 4.05. The van der Waals surface area contributed by atoms with E-state index in [1.807, 2.05) is 24.9 Å². The summed E-state index contributed by atoms with van der Waals surface area (Å²) in [7, 11) is -1.36. The minimum absolute atomic E-state index is 0.0501. The molecular formula is C18H27N3O3S. The molecule has 25 heavy (non-hydrogen) atoms. The van der Waals surface area contributed by atoms with Crippen molar-refractivity contribution in [3.8, 4) is 0 Å². The molecular weight excluding hydrogens is 338 g/mol. The number of fused-ring (bicyclic) bond motifs is 1. The van der Waals surface area contributed by atoms with Crippen LogP contribution < -0.4 is 9.62 Å². The molecule has 0 aromatic heterocycles. The highest BCUT2D eigenvalue weighted by atomic mass is 32.2. The molecule has 0 spiro atoms. The average molecular weight is 365 g/mol. The fourth-order valence-electron chi connectivity index (χ4n) is 4.13. The van der Waals surface area contributed by atoms with E-state index in [9.17, 15) is 13.2 Å². The Hall–Kier alpha value is -1.60. The molecule has 0 saturated carbocycles. The molecule has 0 unspecified atom stereocenters. The molecule has 3 rings (SSSR count).